The van der Waals surface area contributed by atoms with Crippen LogP contribution in [-0.2, 0) is 6.54 Å². The molecule has 0 unspecified atom stereocenters. The first-order valence-corrected chi connectivity index (χ1v) is 9.24. The zero-order valence-electron chi connectivity index (χ0n) is 15.1. The first-order valence-electron chi connectivity index (χ1n) is 8.44. The van der Waals surface area contributed by atoms with Gasteiger partial charge in [-0.05, 0) is 31.5 Å². The van der Waals surface area contributed by atoms with E-state index >= 15 is 0 Å². The van der Waals surface area contributed by atoms with E-state index in [1.165, 1.54) is 6.07 Å². The molecule has 0 saturated heterocycles. The Hall–Kier alpha value is -3.18. The van der Waals surface area contributed by atoms with Crippen molar-refractivity contribution in [2.24, 2.45) is 0 Å². The van der Waals surface area contributed by atoms with Gasteiger partial charge in [-0.3, -0.25) is 4.98 Å². The van der Waals surface area contributed by atoms with Crippen LogP contribution in [0.15, 0.2) is 41.1 Å². The lowest BCUT2D eigenvalue weighted by Crippen LogP contribution is -2.05. The van der Waals surface area contributed by atoms with Gasteiger partial charge in [-0.2, -0.15) is 0 Å². The van der Waals surface area contributed by atoms with Gasteiger partial charge in [0, 0.05) is 22.8 Å². The summed E-state index contributed by atoms with van der Waals surface area (Å²) >= 11 is 3.40. The lowest BCUT2D eigenvalue weighted by Gasteiger charge is -2.11. The van der Waals surface area contributed by atoms with Crippen LogP contribution in [0, 0.1) is 26.2 Å². The Kier molecular flexibility index (Phi) is 4.61. The molecule has 0 atom stereocenters. The number of fused-ring (bicyclic) bond motifs is 1. The molecule has 0 radical (unpaired) electrons. The number of pyridine rings is 1. The Balaban J connectivity index is 1.98. The third-order valence-electron chi connectivity index (χ3n) is 4.34. The smallest absolute Gasteiger partial charge is 0.193 e. The van der Waals surface area contributed by atoms with E-state index < -0.39 is 5.82 Å². The summed E-state index contributed by atoms with van der Waals surface area (Å²) in [5.74, 6) is 0.709. The Morgan fingerprint density at radius 1 is 1.14 bits per heavy atom. The topological polar surface area (TPSA) is 60.9 Å². The van der Waals surface area contributed by atoms with Gasteiger partial charge < -0.3 is 4.57 Å². The average molecular weight is 437 g/mol. The second kappa shape index (κ2) is 7.09. The third-order valence-corrected chi connectivity index (χ3v) is 4.83. The van der Waals surface area contributed by atoms with Crippen LogP contribution < -0.4 is 0 Å². The van der Waals surface area contributed by atoms with Crippen LogP contribution in [0.1, 0.15) is 17.1 Å². The van der Waals surface area contributed by atoms with Gasteiger partial charge in [0.15, 0.2) is 11.3 Å². The van der Waals surface area contributed by atoms with Crippen LogP contribution in [0.2, 0.25) is 0 Å². The Bertz CT molecular complexity index is 1260. The molecule has 3 heterocycles. The van der Waals surface area contributed by atoms with Crippen LogP contribution in [0.3, 0.4) is 0 Å². The van der Waals surface area contributed by atoms with Crippen LogP contribution in [0.5, 0.6) is 0 Å². The van der Waals surface area contributed by atoms with E-state index in [1.807, 2.05) is 30.5 Å². The number of rotatable bonds is 3. The molecule has 8 heteroatoms. The summed E-state index contributed by atoms with van der Waals surface area (Å²) in [6, 6.07) is 6.93. The number of hydrogen-bond donors (Lipinski definition) is 0. The van der Waals surface area contributed by atoms with Crippen molar-refractivity contribution in [2.75, 3.05) is 0 Å². The summed E-state index contributed by atoms with van der Waals surface area (Å²) in [4.78, 5) is 21.2. The molecular weight excluding hydrogens is 423 g/mol. The van der Waals surface area contributed by atoms with E-state index in [2.05, 4.69) is 40.7 Å². The second-order valence-corrected chi connectivity index (χ2v) is 7.24. The van der Waals surface area contributed by atoms with Gasteiger partial charge in [-0.15, -0.1) is 0 Å². The molecule has 0 saturated carbocycles. The molecule has 0 aliphatic carbocycles. The van der Waals surface area contributed by atoms with Crippen molar-refractivity contribution < 1.29 is 4.39 Å². The van der Waals surface area contributed by atoms with Gasteiger partial charge in [0.05, 0.1) is 18.5 Å². The summed E-state index contributed by atoms with van der Waals surface area (Å²) in [5.41, 5.74) is 3.91. The summed E-state index contributed by atoms with van der Waals surface area (Å²) in [5, 5.41) is 0. The minimum Gasteiger partial charge on any atom is -0.305 e. The summed E-state index contributed by atoms with van der Waals surface area (Å²) in [6.07, 6.45) is 2.71. The van der Waals surface area contributed by atoms with Gasteiger partial charge in [0.25, 0.3) is 0 Å². The van der Waals surface area contributed by atoms with Crippen molar-refractivity contribution in [3.63, 3.8) is 0 Å². The molecule has 4 rings (SSSR count). The maximum Gasteiger partial charge on any atom is 0.193 e. The van der Waals surface area contributed by atoms with Crippen molar-refractivity contribution in [3.05, 3.63) is 75.4 Å². The molecule has 0 fully saturated rings. The van der Waals surface area contributed by atoms with Gasteiger partial charge in [0.2, 0.25) is 0 Å². The fraction of sp³-hybridized carbons (Fsp3) is 0.150. The first kappa shape index (κ1) is 18.2. The highest BCUT2D eigenvalue weighted by atomic mass is 79.9. The van der Waals surface area contributed by atoms with Crippen LogP contribution in [-0.4, -0.2) is 24.5 Å². The lowest BCUT2D eigenvalue weighted by molar-refractivity contribution is 0.621. The maximum atomic E-state index is 13.8. The number of imidazole rings is 1. The highest BCUT2D eigenvalue weighted by Gasteiger charge is 2.18. The van der Waals surface area contributed by atoms with Crippen molar-refractivity contribution >= 4 is 32.8 Å². The molecule has 4 aromatic rings. The zero-order chi connectivity index (χ0) is 19.8. The molecule has 28 heavy (non-hydrogen) atoms. The number of nitrogens with zero attached hydrogens (tertiary/aromatic N) is 6. The summed E-state index contributed by atoms with van der Waals surface area (Å²) < 4.78 is 16.5. The summed E-state index contributed by atoms with van der Waals surface area (Å²) in [6.45, 7) is 11.5. The molecular formula is C20H14BrFN6. The van der Waals surface area contributed by atoms with Crippen LogP contribution in [0.4, 0.5) is 10.1 Å². The quantitative estimate of drug-likeness (QED) is 0.423. The number of aromatic nitrogens is 5. The minimum atomic E-state index is -0.444. The Morgan fingerprint density at radius 2 is 1.96 bits per heavy atom. The molecule has 3 aromatic heterocycles. The monoisotopic (exact) mass is 436 g/mol. The molecule has 0 N–H and O–H groups in total. The number of hydrogen-bond acceptors (Lipinski definition) is 4. The van der Waals surface area contributed by atoms with Crippen molar-refractivity contribution in [1.29, 1.82) is 0 Å². The third kappa shape index (κ3) is 3.25. The van der Waals surface area contributed by atoms with E-state index in [9.17, 15) is 4.39 Å². The van der Waals surface area contributed by atoms with E-state index in [0.29, 0.717) is 40.6 Å². The second-order valence-electron chi connectivity index (χ2n) is 6.33. The fourth-order valence-corrected chi connectivity index (χ4v) is 3.47. The largest absolute Gasteiger partial charge is 0.305 e. The van der Waals surface area contributed by atoms with Gasteiger partial charge in [0.1, 0.15) is 23.0 Å². The predicted octanol–water partition coefficient (Wildman–Crippen LogP) is 5.01. The first-order chi connectivity index (χ1) is 13.5. The number of benzene rings is 1. The number of halogens is 2. The minimum absolute atomic E-state index is 0.364. The van der Waals surface area contributed by atoms with Gasteiger partial charge in [-0.1, -0.05) is 28.1 Å². The van der Waals surface area contributed by atoms with Gasteiger partial charge in [-0.25, -0.2) is 24.2 Å². The highest BCUT2D eigenvalue weighted by molar-refractivity contribution is 9.10. The van der Waals surface area contributed by atoms with E-state index in [-0.39, 0.29) is 0 Å². The molecule has 0 bridgehead atoms. The van der Waals surface area contributed by atoms with E-state index in [0.717, 1.165) is 21.9 Å². The standard InChI is InChI=1S/C20H14BrFN6/c1-11-18-20(26-12(2)25-11)28(10-13-4-5-15(21)7-17(13)23-3)19(27-18)14-6-16(22)9-24-8-14/h4-9H,10H2,1-2H3. The fourth-order valence-electron chi connectivity index (χ4n) is 3.12. The molecule has 0 amide bonds. The molecule has 6 nitrogen and oxygen atoms in total. The Labute approximate surface area is 169 Å². The van der Waals surface area contributed by atoms with Crippen molar-refractivity contribution in [3.8, 4) is 11.4 Å². The normalized spacial score (nSPS) is 11.0. The van der Waals surface area contributed by atoms with Gasteiger partial charge >= 0.3 is 0 Å². The molecule has 1 aromatic carbocycles. The van der Waals surface area contributed by atoms with Crippen molar-refractivity contribution in [2.45, 2.75) is 20.4 Å². The molecule has 0 aliphatic heterocycles. The summed E-state index contributed by atoms with van der Waals surface area (Å²) in [7, 11) is 0. The molecule has 0 spiro atoms. The lowest BCUT2D eigenvalue weighted by atomic mass is 10.1. The van der Waals surface area contributed by atoms with E-state index in [1.54, 1.807) is 12.3 Å². The Morgan fingerprint density at radius 3 is 2.71 bits per heavy atom. The number of aryl methyl sites for hydroxylation is 2. The van der Waals surface area contributed by atoms with Crippen LogP contribution in [0.25, 0.3) is 27.4 Å². The maximum absolute atomic E-state index is 13.8. The molecule has 0 aliphatic rings. The predicted molar refractivity (Wildman–Crippen MR) is 107 cm³/mol. The SMILES string of the molecule is [C-]#[N+]c1cc(Br)ccc1Cn1c(-c2cncc(F)c2)nc2c(C)nc(C)nc21. The molecule has 138 valence electrons. The average Bonchev–Trinajstić information content (AvgIpc) is 3.02. The van der Waals surface area contributed by atoms with Crippen LogP contribution >= 0.6 is 15.9 Å². The van der Waals surface area contributed by atoms with E-state index in [4.69, 9.17) is 6.57 Å². The zero-order valence-corrected chi connectivity index (χ0v) is 16.7. The highest BCUT2D eigenvalue weighted by Crippen LogP contribution is 2.30. The van der Waals surface area contributed by atoms with Crippen molar-refractivity contribution in [1.82, 2.24) is 24.5 Å².